The summed E-state index contributed by atoms with van der Waals surface area (Å²) >= 11 is 7.25. The number of rotatable bonds is 1. The Hall–Kier alpha value is -0.540. The summed E-state index contributed by atoms with van der Waals surface area (Å²) in [5.74, 6) is 0.371. The zero-order chi connectivity index (χ0) is 10.1. The Balaban J connectivity index is 2.35. The molecule has 1 aromatic heterocycles. The minimum Gasteiger partial charge on any atom is -0.298 e. The molecule has 0 bridgehead atoms. The number of fused-ring (bicyclic) bond motifs is 1. The Morgan fingerprint density at radius 1 is 1.64 bits per heavy atom. The van der Waals surface area contributed by atoms with E-state index in [0.717, 1.165) is 22.9 Å². The number of aromatic nitrogens is 1. The first-order valence-corrected chi connectivity index (χ1v) is 5.82. The molecule has 14 heavy (non-hydrogen) atoms. The molecule has 1 aromatic rings. The molecule has 0 saturated carbocycles. The number of nitrogens with zero attached hydrogens (tertiary/aromatic N) is 1. The van der Waals surface area contributed by atoms with Crippen LogP contribution in [0.5, 0.6) is 0 Å². The van der Waals surface area contributed by atoms with Crippen LogP contribution in [-0.2, 0) is 6.42 Å². The lowest BCUT2D eigenvalue weighted by molar-refractivity contribution is 0.651. The molecule has 2 nitrogen and oxygen atoms in total. The second kappa shape index (κ2) is 3.91. The fraction of sp³-hybridized carbons (Fsp3) is 0.400. The number of nitrogens with one attached hydrogen (secondary N) is 1. The summed E-state index contributed by atoms with van der Waals surface area (Å²) in [7, 11) is 0. The molecule has 4 heteroatoms. The topological polar surface area (TPSA) is 36.7 Å². The van der Waals surface area contributed by atoms with Crippen LogP contribution in [0.25, 0.3) is 0 Å². The van der Waals surface area contributed by atoms with Gasteiger partial charge in [-0.2, -0.15) is 0 Å². The normalized spacial score (nSPS) is 20.7. The molecular weight excluding hydrogens is 216 g/mol. The summed E-state index contributed by atoms with van der Waals surface area (Å²) in [6.45, 7) is 2.12. The van der Waals surface area contributed by atoms with Crippen molar-refractivity contribution in [2.45, 2.75) is 24.8 Å². The van der Waals surface area contributed by atoms with E-state index in [1.165, 1.54) is 17.3 Å². The number of thioether (sulfide) groups is 1. The molecule has 1 aliphatic heterocycles. The SMILES string of the molecule is CCC1Cc2ccc(Cl)nc2SC1=N. The molecule has 0 fully saturated rings. The molecule has 2 rings (SSSR count). The van der Waals surface area contributed by atoms with Crippen LogP contribution < -0.4 is 0 Å². The average molecular weight is 227 g/mol. The van der Waals surface area contributed by atoms with E-state index >= 15 is 0 Å². The van der Waals surface area contributed by atoms with E-state index in [2.05, 4.69) is 11.9 Å². The third-order valence-corrected chi connectivity index (χ3v) is 3.75. The molecule has 0 saturated heterocycles. The Kier molecular flexibility index (Phi) is 2.79. The van der Waals surface area contributed by atoms with Gasteiger partial charge in [0.15, 0.2) is 0 Å². The maximum absolute atomic E-state index is 7.83. The zero-order valence-corrected chi connectivity index (χ0v) is 9.45. The van der Waals surface area contributed by atoms with Crippen LogP contribution in [0.2, 0.25) is 5.15 Å². The van der Waals surface area contributed by atoms with Crippen molar-refractivity contribution in [1.29, 1.82) is 5.41 Å². The molecule has 0 radical (unpaired) electrons. The van der Waals surface area contributed by atoms with E-state index in [1.807, 2.05) is 12.1 Å². The van der Waals surface area contributed by atoms with Crippen LogP contribution in [0.3, 0.4) is 0 Å². The van der Waals surface area contributed by atoms with Crippen LogP contribution >= 0.6 is 23.4 Å². The predicted octanol–water partition coefficient (Wildman–Crippen LogP) is 3.39. The summed E-state index contributed by atoms with van der Waals surface area (Å²) in [4.78, 5) is 4.22. The third-order valence-electron chi connectivity index (χ3n) is 2.44. The maximum Gasteiger partial charge on any atom is 0.130 e. The predicted molar refractivity (Wildman–Crippen MR) is 60.3 cm³/mol. The van der Waals surface area contributed by atoms with E-state index in [4.69, 9.17) is 17.0 Å². The van der Waals surface area contributed by atoms with Gasteiger partial charge < -0.3 is 0 Å². The van der Waals surface area contributed by atoms with Crippen molar-refractivity contribution < 1.29 is 0 Å². The van der Waals surface area contributed by atoms with Gasteiger partial charge in [0.25, 0.3) is 0 Å². The van der Waals surface area contributed by atoms with Gasteiger partial charge in [0.2, 0.25) is 0 Å². The van der Waals surface area contributed by atoms with Crippen LogP contribution in [0.1, 0.15) is 18.9 Å². The highest BCUT2D eigenvalue weighted by Gasteiger charge is 2.23. The fourth-order valence-corrected chi connectivity index (χ4v) is 2.81. The summed E-state index contributed by atoms with van der Waals surface area (Å²) in [5.41, 5.74) is 1.22. The van der Waals surface area contributed by atoms with Gasteiger partial charge in [-0.05, 0) is 24.5 Å². The molecule has 0 aliphatic carbocycles. The number of pyridine rings is 1. The number of hydrogen-bond donors (Lipinski definition) is 1. The largest absolute Gasteiger partial charge is 0.298 e. The Bertz CT molecular complexity index is 378. The fourth-order valence-electron chi connectivity index (χ4n) is 1.57. The second-order valence-electron chi connectivity index (χ2n) is 3.37. The van der Waals surface area contributed by atoms with Gasteiger partial charge in [0.1, 0.15) is 10.2 Å². The standard InChI is InChI=1S/C10H11ClN2S/c1-2-6-5-7-3-4-8(11)13-10(7)14-9(6)12/h3-4,6,12H,2,5H2,1H3. The highest BCUT2D eigenvalue weighted by Crippen LogP contribution is 2.34. The van der Waals surface area contributed by atoms with Gasteiger partial charge in [-0.25, -0.2) is 4.98 Å². The quantitative estimate of drug-likeness (QED) is 0.746. The van der Waals surface area contributed by atoms with Crippen molar-refractivity contribution in [3.8, 4) is 0 Å². The molecule has 2 heterocycles. The third kappa shape index (κ3) is 1.79. The lowest BCUT2D eigenvalue weighted by atomic mass is 9.98. The molecule has 74 valence electrons. The Labute approximate surface area is 92.6 Å². The minimum atomic E-state index is 0.371. The highest BCUT2D eigenvalue weighted by molar-refractivity contribution is 8.13. The van der Waals surface area contributed by atoms with Crippen molar-refractivity contribution >= 4 is 28.4 Å². The van der Waals surface area contributed by atoms with Crippen molar-refractivity contribution in [3.63, 3.8) is 0 Å². The van der Waals surface area contributed by atoms with E-state index in [9.17, 15) is 0 Å². The molecule has 0 amide bonds. The van der Waals surface area contributed by atoms with Gasteiger partial charge >= 0.3 is 0 Å². The first kappa shape index (κ1) is 9.99. The van der Waals surface area contributed by atoms with Gasteiger partial charge in [0.05, 0.1) is 5.04 Å². The molecule has 1 N–H and O–H groups in total. The average Bonchev–Trinajstić information content (AvgIpc) is 2.16. The minimum absolute atomic E-state index is 0.371. The molecule has 0 spiro atoms. The summed E-state index contributed by atoms with van der Waals surface area (Å²) in [5, 5.41) is 9.97. The molecule has 1 atom stereocenters. The van der Waals surface area contributed by atoms with Crippen molar-refractivity contribution in [2.24, 2.45) is 5.92 Å². The van der Waals surface area contributed by atoms with E-state index in [1.54, 1.807) is 0 Å². The summed E-state index contributed by atoms with van der Waals surface area (Å²) in [6, 6.07) is 3.84. The molecule has 0 aromatic carbocycles. The monoisotopic (exact) mass is 226 g/mol. The highest BCUT2D eigenvalue weighted by atomic mass is 35.5. The summed E-state index contributed by atoms with van der Waals surface area (Å²) < 4.78 is 0. The number of halogens is 1. The Morgan fingerprint density at radius 2 is 2.43 bits per heavy atom. The van der Waals surface area contributed by atoms with Gasteiger partial charge in [-0.1, -0.05) is 36.4 Å². The van der Waals surface area contributed by atoms with Crippen molar-refractivity contribution in [3.05, 3.63) is 22.8 Å². The second-order valence-corrected chi connectivity index (χ2v) is 4.79. The van der Waals surface area contributed by atoms with Gasteiger partial charge in [0, 0.05) is 5.92 Å². The van der Waals surface area contributed by atoms with Gasteiger partial charge in [-0.15, -0.1) is 0 Å². The number of hydrogen-bond acceptors (Lipinski definition) is 3. The van der Waals surface area contributed by atoms with Crippen molar-refractivity contribution in [2.75, 3.05) is 0 Å². The first-order valence-electron chi connectivity index (χ1n) is 4.62. The molecule has 1 aliphatic rings. The van der Waals surface area contributed by atoms with Crippen molar-refractivity contribution in [1.82, 2.24) is 4.98 Å². The Morgan fingerprint density at radius 3 is 3.14 bits per heavy atom. The van der Waals surface area contributed by atoms with E-state index in [0.29, 0.717) is 11.1 Å². The van der Waals surface area contributed by atoms with Crippen LogP contribution in [0.15, 0.2) is 17.2 Å². The maximum atomic E-state index is 7.83. The van der Waals surface area contributed by atoms with E-state index < -0.39 is 0 Å². The van der Waals surface area contributed by atoms with Crippen LogP contribution in [0.4, 0.5) is 0 Å². The van der Waals surface area contributed by atoms with Gasteiger partial charge in [-0.3, -0.25) is 5.41 Å². The molecule has 1 unspecified atom stereocenters. The smallest absolute Gasteiger partial charge is 0.130 e. The van der Waals surface area contributed by atoms with E-state index in [-0.39, 0.29) is 0 Å². The first-order chi connectivity index (χ1) is 6.70. The lowest BCUT2D eigenvalue weighted by Crippen LogP contribution is -2.18. The van der Waals surface area contributed by atoms with Crippen LogP contribution in [-0.4, -0.2) is 10.0 Å². The summed E-state index contributed by atoms with van der Waals surface area (Å²) in [6.07, 6.45) is 1.95. The molecular formula is C10H11ClN2S. The lowest BCUT2D eigenvalue weighted by Gasteiger charge is -2.22. The van der Waals surface area contributed by atoms with Crippen LogP contribution in [0, 0.1) is 11.3 Å². The zero-order valence-electron chi connectivity index (χ0n) is 7.88.